The number of carbonyl (C=O) groups excluding carboxylic acids is 2. The van der Waals surface area contributed by atoms with Crippen molar-refractivity contribution in [3.63, 3.8) is 0 Å². The van der Waals surface area contributed by atoms with Crippen LogP contribution < -0.4 is 5.73 Å². The van der Waals surface area contributed by atoms with E-state index in [1.807, 2.05) is 0 Å². The average Bonchev–Trinajstić information content (AvgIpc) is 3.17. The molecule has 0 unspecified atom stereocenters. The summed E-state index contributed by atoms with van der Waals surface area (Å²) in [6.07, 6.45) is 1.46. The molecule has 1 saturated heterocycles. The van der Waals surface area contributed by atoms with Gasteiger partial charge in [-0.3, -0.25) is 9.59 Å². The lowest BCUT2D eigenvalue weighted by Crippen LogP contribution is -2.40. The average molecular weight is 418 g/mol. The highest BCUT2D eigenvalue weighted by Crippen LogP contribution is 2.36. The molecule has 5 rings (SSSR count). The van der Waals surface area contributed by atoms with Crippen molar-refractivity contribution in [2.24, 2.45) is 5.73 Å². The number of H-pyrrole nitrogens is 1. The Morgan fingerprint density at radius 1 is 1.10 bits per heavy atom. The van der Waals surface area contributed by atoms with E-state index in [2.05, 4.69) is 9.97 Å². The van der Waals surface area contributed by atoms with Gasteiger partial charge < -0.3 is 20.4 Å². The summed E-state index contributed by atoms with van der Waals surface area (Å²) < 4.78 is 19.9. The first-order valence-electron chi connectivity index (χ1n) is 9.91. The molecule has 8 heteroatoms. The Balaban J connectivity index is 1.72. The molecule has 0 spiro atoms. The molecule has 0 radical (unpaired) electrons. The second-order valence-electron chi connectivity index (χ2n) is 7.40. The van der Waals surface area contributed by atoms with E-state index in [0.29, 0.717) is 59.4 Å². The van der Waals surface area contributed by atoms with Crippen LogP contribution in [0.25, 0.3) is 32.9 Å². The predicted octanol–water partition coefficient (Wildman–Crippen LogP) is 3.09. The minimum Gasteiger partial charge on any atom is -0.378 e. The van der Waals surface area contributed by atoms with Gasteiger partial charge in [0.15, 0.2) is 5.69 Å². The first-order valence-corrected chi connectivity index (χ1v) is 9.91. The summed E-state index contributed by atoms with van der Waals surface area (Å²) >= 11 is 0. The number of ether oxygens (including phenoxy) is 1. The van der Waals surface area contributed by atoms with Crippen molar-refractivity contribution in [1.29, 1.82) is 0 Å². The third-order valence-electron chi connectivity index (χ3n) is 5.57. The number of fused-ring (bicyclic) bond motifs is 3. The Bertz CT molecular complexity index is 1340. The fourth-order valence-electron chi connectivity index (χ4n) is 4.07. The van der Waals surface area contributed by atoms with E-state index in [0.717, 1.165) is 5.39 Å². The molecule has 31 heavy (non-hydrogen) atoms. The molecule has 1 aliphatic rings. The molecular weight excluding hydrogens is 399 g/mol. The maximum Gasteiger partial charge on any atom is 0.269 e. The van der Waals surface area contributed by atoms with Crippen LogP contribution in [0.15, 0.2) is 48.7 Å². The summed E-state index contributed by atoms with van der Waals surface area (Å²) in [5.41, 5.74) is 8.07. The molecule has 7 nitrogen and oxygen atoms in total. The first kappa shape index (κ1) is 19.2. The van der Waals surface area contributed by atoms with Crippen molar-refractivity contribution in [3.8, 4) is 11.1 Å². The third kappa shape index (κ3) is 3.21. The van der Waals surface area contributed by atoms with Gasteiger partial charge in [-0.15, -0.1) is 0 Å². The van der Waals surface area contributed by atoms with E-state index in [4.69, 9.17) is 10.5 Å². The molecule has 3 N–H and O–H groups in total. The zero-order valence-electron chi connectivity index (χ0n) is 16.5. The smallest absolute Gasteiger partial charge is 0.269 e. The SMILES string of the molecule is NC(=O)c1ncc(-c2ccccc2F)c2c1[nH]c1cc(C(=O)N3CCOCC3)ccc12. The number of amides is 2. The molecule has 2 amide bonds. The molecule has 1 fully saturated rings. The number of nitrogens with one attached hydrogen (secondary N) is 1. The van der Waals surface area contributed by atoms with Gasteiger partial charge in [0.1, 0.15) is 5.82 Å². The zero-order chi connectivity index (χ0) is 21.5. The third-order valence-corrected chi connectivity index (χ3v) is 5.57. The normalized spacial score (nSPS) is 14.3. The number of nitrogens with zero attached hydrogens (tertiary/aromatic N) is 2. The van der Waals surface area contributed by atoms with Gasteiger partial charge in [0.05, 0.1) is 18.7 Å². The minimum absolute atomic E-state index is 0.0624. The molecule has 2 aromatic heterocycles. The number of nitrogens with two attached hydrogens (primary N) is 1. The van der Waals surface area contributed by atoms with Gasteiger partial charge >= 0.3 is 0 Å². The number of hydrogen-bond donors (Lipinski definition) is 2. The van der Waals surface area contributed by atoms with Crippen LogP contribution in [-0.4, -0.2) is 53.0 Å². The summed E-state index contributed by atoms with van der Waals surface area (Å²) in [5.74, 6) is -1.18. The molecule has 0 bridgehead atoms. The molecule has 0 atom stereocenters. The second-order valence-corrected chi connectivity index (χ2v) is 7.40. The predicted molar refractivity (Wildman–Crippen MR) is 114 cm³/mol. The highest BCUT2D eigenvalue weighted by atomic mass is 19.1. The number of rotatable bonds is 3. The molecule has 156 valence electrons. The monoisotopic (exact) mass is 418 g/mol. The molecule has 3 heterocycles. The van der Waals surface area contributed by atoms with Gasteiger partial charge in [0.2, 0.25) is 0 Å². The fraction of sp³-hybridized carbons (Fsp3) is 0.174. The lowest BCUT2D eigenvalue weighted by atomic mass is 9.99. The number of aromatic amines is 1. The van der Waals surface area contributed by atoms with Crippen LogP contribution in [0.3, 0.4) is 0 Å². The van der Waals surface area contributed by atoms with Gasteiger partial charge in [0, 0.05) is 52.3 Å². The Morgan fingerprint density at radius 2 is 1.87 bits per heavy atom. The van der Waals surface area contributed by atoms with E-state index in [1.54, 1.807) is 41.3 Å². The lowest BCUT2D eigenvalue weighted by molar-refractivity contribution is 0.0303. The van der Waals surface area contributed by atoms with Gasteiger partial charge in [-0.2, -0.15) is 0 Å². The Morgan fingerprint density at radius 3 is 2.61 bits per heavy atom. The van der Waals surface area contributed by atoms with Crippen LogP contribution in [0, 0.1) is 5.82 Å². The van der Waals surface area contributed by atoms with E-state index >= 15 is 0 Å². The summed E-state index contributed by atoms with van der Waals surface area (Å²) in [4.78, 5) is 34.0. The van der Waals surface area contributed by atoms with E-state index in [9.17, 15) is 14.0 Å². The van der Waals surface area contributed by atoms with Gasteiger partial charge in [-0.1, -0.05) is 24.3 Å². The largest absolute Gasteiger partial charge is 0.378 e. The number of pyridine rings is 1. The highest BCUT2D eigenvalue weighted by molar-refractivity contribution is 6.19. The maximum absolute atomic E-state index is 14.6. The Labute approximate surface area is 176 Å². The maximum atomic E-state index is 14.6. The number of hydrogen-bond acceptors (Lipinski definition) is 4. The first-order chi connectivity index (χ1) is 15.0. The minimum atomic E-state index is -0.693. The summed E-state index contributed by atoms with van der Waals surface area (Å²) in [6, 6.07) is 11.7. The van der Waals surface area contributed by atoms with Crippen LogP contribution in [-0.2, 0) is 4.74 Å². The number of morpholine rings is 1. The van der Waals surface area contributed by atoms with Crippen molar-refractivity contribution in [2.75, 3.05) is 26.3 Å². The standard InChI is InChI=1S/C23H19FN4O3/c24-17-4-2-1-3-14(17)16-12-26-21(22(25)29)20-19(16)15-6-5-13(11-18(15)27-20)23(30)28-7-9-31-10-8-28/h1-6,11-12,27H,7-10H2,(H2,25,29). The Hall–Kier alpha value is -3.78. The molecular formula is C23H19FN4O3. The van der Waals surface area contributed by atoms with E-state index < -0.39 is 11.7 Å². The van der Waals surface area contributed by atoms with Crippen LogP contribution in [0.1, 0.15) is 20.8 Å². The number of benzene rings is 2. The van der Waals surface area contributed by atoms with Crippen LogP contribution in [0.4, 0.5) is 4.39 Å². The fourth-order valence-corrected chi connectivity index (χ4v) is 4.07. The summed E-state index contributed by atoms with van der Waals surface area (Å²) in [7, 11) is 0. The quantitative estimate of drug-likeness (QED) is 0.534. The molecule has 1 aliphatic heterocycles. The van der Waals surface area contributed by atoms with Crippen molar-refractivity contribution in [2.45, 2.75) is 0 Å². The number of primary amides is 1. The van der Waals surface area contributed by atoms with Crippen molar-refractivity contribution >= 4 is 33.6 Å². The molecule has 0 aliphatic carbocycles. The highest BCUT2D eigenvalue weighted by Gasteiger charge is 2.22. The van der Waals surface area contributed by atoms with Crippen LogP contribution in [0.2, 0.25) is 0 Å². The Kier molecular flexibility index (Phi) is 4.63. The molecule has 2 aromatic carbocycles. The topological polar surface area (TPSA) is 101 Å². The molecule has 0 saturated carbocycles. The van der Waals surface area contributed by atoms with Crippen molar-refractivity contribution in [1.82, 2.24) is 14.9 Å². The number of carbonyl (C=O) groups is 2. The molecule has 4 aromatic rings. The number of halogens is 1. The van der Waals surface area contributed by atoms with Crippen LogP contribution in [0.5, 0.6) is 0 Å². The van der Waals surface area contributed by atoms with Gasteiger partial charge in [-0.05, 0) is 18.2 Å². The summed E-state index contributed by atoms with van der Waals surface area (Å²) in [6.45, 7) is 2.10. The van der Waals surface area contributed by atoms with E-state index in [-0.39, 0.29) is 11.6 Å². The van der Waals surface area contributed by atoms with Gasteiger partial charge in [-0.25, -0.2) is 9.37 Å². The lowest BCUT2D eigenvalue weighted by Gasteiger charge is -2.26. The zero-order valence-corrected chi connectivity index (χ0v) is 16.5. The van der Waals surface area contributed by atoms with Crippen molar-refractivity contribution in [3.05, 3.63) is 65.7 Å². The van der Waals surface area contributed by atoms with Crippen molar-refractivity contribution < 1.29 is 18.7 Å². The number of aromatic nitrogens is 2. The summed E-state index contributed by atoms with van der Waals surface area (Å²) in [5, 5.41) is 1.38. The van der Waals surface area contributed by atoms with Gasteiger partial charge in [0.25, 0.3) is 11.8 Å². The van der Waals surface area contributed by atoms with E-state index in [1.165, 1.54) is 12.3 Å². The second kappa shape index (κ2) is 7.48. The van der Waals surface area contributed by atoms with Crippen LogP contribution >= 0.6 is 0 Å².